The van der Waals surface area contributed by atoms with Crippen LogP contribution in [0.15, 0.2) is 35.2 Å². The molecule has 1 unspecified atom stereocenters. The summed E-state index contributed by atoms with van der Waals surface area (Å²) in [5.74, 6) is -0.972. The van der Waals surface area contributed by atoms with Crippen LogP contribution in [0.2, 0.25) is 0 Å². The molecule has 1 aliphatic rings. The molecule has 0 bridgehead atoms. The van der Waals surface area contributed by atoms with Crippen molar-refractivity contribution in [1.82, 2.24) is 5.06 Å². The molecule has 90 valence electrons. The number of carbonyl (C=O) groups is 2. The van der Waals surface area contributed by atoms with E-state index in [-0.39, 0.29) is 6.61 Å². The highest BCUT2D eigenvalue weighted by Gasteiger charge is 2.36. The highest BCUT2D eigenvalue weighted by molar-refractivity contribution is 8.00. The number of hydrogen-bond acceptors (Lipinski definition) is 5. The number of morpholine rings is 1. The van der Waals surface area contributed by atoms with Gasteiger partial charge in [-0.1, -0.05) is 30.0 Å². The standard InChI is InChI=1S/C11H11NO4S/c1-15-12-9(13)7-16-11(10(12)14)17-8-5-3-2-4-6-8/h2-6,11H,7H2,1H3. The van der Waals surface area contributed by atoms with E-state index >= 15 is 0 Å². The molecule has 0 radical (unpaired) electrons. The van der Waals surface area contributed by atoms with Gasteiger partial charge in [0.1, 0.15) is 6.61 Å². The summed E-state index contributed by atoms with van der Waals surface area (Å²) in [5.41, 5.74) is -0.741. The molecule has 1 atom stereocenters. The van der Waals surface area contributed by atoms with Gasteiger partial charge in [0.25, 0.3) is 11.8 Å². The van der Waals surface area contributed by atoms with Crippen molar-refractivity contribution in [1.29, 1.82) is 0 Å². The molecule has 1 heterocycles. The molecule has 0 spiro atoms. The van der Waals surface area contributed by atoms with E-state index in [1.165, 1.54) is 18.9 Å². The molecule has 0 N–H and O–H groups in total. The summed E-state index contributed by atoms with van der Waals surface area (Å²) >= 11 is 1.25. The Labute approximate surface area is 103 Å². The molecule has 1 aliphatic heterocycles. The smallest absolute Gasteiger partial charge is 0.293 e. The number of ether oxygens (including phenoxy) is 1. The summed E-state index contributed by atoms with van der Waals surface area (Å²) in [6.45, 7) is -0.149. The Morgan fingerprint density at radius 2 is 2.06 bits per heavy atom. The Hall–Kier alpha value is -1.37. The van der Waals surface area contributed by atoms with Crippen molar-refractivity contribution in [2.75, 3.05) is 13.7 Å². The number of rotatable bonds is 3. The van der Waals surface area contributed by atoms with Crippen molar-refractivity contribution in [3.63, 3.8) is 0 Å². The summed E-state index contributed by atoms with van der Waals surface area (Å²) in [6.07, 6.45) is 0. The van der Waals surface area contributed by atoms with Gasteiger partial charge in [-0.25, -0.2) is 0 Å². The van der Waals surface area contributed by atoms with Crippen LogP contribution in [0.4, 0.5) is 0 Å². The summed E-state index contributed by atoms with van der Waals surface area (Å²) in [5, 5.41) is 0.740. The van der Waals surface area contributed by atoms with Gasteiger partial charge < -0.3 is 4.74 Å². The maximum atomic E-state index is 11.8. The van der Waals surface area contributed by atoms with E-state index in [0.29, 0.717) is 0 Å². The number of thioether (sulfide) groups is 1. The molecule has 0 aliphatic carbocycles. The van der Waals surface area contributed by atoms with E-state index < -0.39 is 17.3 Å². The van der Waals surface area contributed by atoms with Gasteiger partial charge in [-0.2, -0.15) is 0 Å². The van der Waals surface area contributed by atoms with Crippen molar-refractivity contribution in [2.24, 2.45) is 0 Å². The third-order valence-electron chi connectivity index (χ3n) is 2.16. The average molecular weight is 253 g/mol. The van der Waals surface area contributed by atoms with Gasteiger partial charge in [0.2, 0.25) is 0 Å². The topological polar surface area (TPSA) is 55.8 Å². The first-order valence-corrected chi connectivity index (χ1v) is 5.84. The van der Waals surface area contributed by atoms with Crippen LogP contribution in [0, 0.1) is 0 Å². The lowest BCUT2D eigenvalue weighted by Gasteiger charge is -2.27. The summed E-state index contributed by atoms with van der Waals surface area (Å²) < 4.78 is 5.18. The lowest BCUT2D eigenvalue weighted by molar-refractivity contribution is -0.204. The maximum Gasteiger partial charge on any atom is 0.293 e. The number of imide groups is 1. The highest BCUT2D eigenvalue weighted by atomic mass is 32.2. The first-order valence-electron chi connectivity index (χ1n) is 4.96. The fraction of sp³-hybridized carbons (Fsp3) is 0.273. The Bertz CT molecular complexity index is 423. The molecule has 17 heavy (non-hydrogen) atoms. The number of benzene rings is 1. The van der Waals surface area contributed by atoms with E-state index in [0.717, 1.165) is 9.96 Å². The molecule has 1 aromatic carbocycles. The van der Waals surface area contributed by atoms with Crippen molar-refractivity contribution in [3.05, 3.63) is 30.3 Å². The van der Waals surface area contributed by atoms with Crippen LogP contribution in [0.1, 0.15) is 0 Å². The van der Waals surface area contributed by atoms with Crippen LogP contribution in [0.25, 0.3) is 0 Å². The fourth-order valence-corrected chi connectivity index (χ4v) is 2.29. The monoisotopic (exact) mass is 253 g/mol. The molecule has 0 aromatic heterocycles. The van der Waals surface area contributed by atoms with Crippen molar-refractivity contribution < 1.29 is 19.2 Å². The Balaban J connectivity index is 2.07. The fourth-order valence-electron chi connectivity index (χ4n) is 1.39. The third-order valence-corrected chi connectivity index (χ3v) is 3.25. The van der Waals surface area contributed by atoms with Gasteiger partial charge in [0, 0.05) is 4.90 Å². The van der Waals surface area contributed by atoms with Crippen molar-refractivity contribution in [3.8, 4) is 0 Å². The lowest BCUT2D eigenvalue weighted by Crippen LogP contribution is -2.49. The van der Waals surface area contributed by atoms with Crippen LogP contribution in [-0.4, -0.2) is 36.0 Å². The van der Waals surface area contributed by atoms with E-state index in [2.05, 4.69) is 0 Å². The molecule has 6 heteroatoms. The van der Waals surface area contributed by atoms with Gasteiger partial charge in [-0.05, 0) is 12.1 Å². The van der Waals surface area contributed by atoms with E-state index in [4.69, 9.17) is 9.57 Å². The molecule has 2 amide bonds. The predicted molar refractivity (Wildman–Crippen MR) is 60.9 cm³/mol. The summed E-state index contributed by atoms with van der Waals surface area (Å²) in [7, 11) is 1.28. The zero-order valence-corrected chi connectivity index (χ0v) is 9.98. The average Bonchev–Trinajstić information content (AvgIpc) is 2.35. The normalized spacial score (nSPS) is 20.8. The maximum absolute atomic E-state index is 11.8. The van der Waals surface area contributed by atoms with Crippen LogP contribution < -0.4 is 0 Å². The van der Waals surface area contributed by atoms with E-state index in [1.807, 2.05) is 30.3 Å². The Morgan fingerprint density at radius 3 is 2.71 bits per heavy atom. The minimum atomic E-state index is -0.741. The molecule has 0 saturated carbocycles. The Morgan fingerprint density at radius 1 is 1.35 bits per heavy atom. The van der Waals surface area contributed by atoms with Gasteiger partial charge >= 0.3 is 0 Å². The lowest BCUT2D eigenvalue weighted by atomic mass is 10.4. The van der Waals surface area contributed by atoms with Crippen molar-refractivity contribution >= 4 is 23.6 Å². The van der Waals surface area contributed by atoms with Gasteiger partial charge in [-0.3, -0.25) is 14.4 Å². The van der Waals surface area contributed by atoms with Gasteiger partial charge in [0.05, 0.1) is 7.11 Å². The molecule has 1 aromatic rings. The predicted octanol–water partition coefficient (Wildman–Crippen LogP) is 1.05. The van der Waals surface area contributed by atoms with Crippen molar-refractivity contribution in [2.45, 2.75) is 10.3 Å². The second-order valence-electron chi connectivity index (χ2n) is 3.28. The van der Waals surface area contributed by atoms with Gasteiger partial charge in [0.15, 0.2) is 5.44 Å². The first-order chi connectivity index (χ1) is 8.22. The number of carbonyl (C=O) groups excluding carboxylic acids is 2. The number of hydroxylamine groups is 2. The molecule has 5 nitrogen and oxygen atoms in total. The molecule has 1 saturated heterocycles. The minimum Gasteiger partial charge on any atom is -0.347 e. The van der Waals surface area contributed by atoms with Crippen LogP contribution in [0.3, 0.4) is 0 Å². The molecular formula is C11H11NO4S. The second-order valence-corrected chi connectivity index (χ2v) is 4.42. The number of hydrogen-bond donors (Lipinski definition) is 0. The SMILES string of the molecule is CON1C(=O)COC(Sc2ccccc2)C1=O. The zero-order chi connectivity index (χ0) is 12.3. The second kappa shape index (κ2) is 5.31. The minimum absolute atomic E-state index is 0.149. The number of amides is 2. The summed E-state index contributed by atoms with van der Waals surface area (Å²) in [6, 6.07) is 9.37. The highest BCUT2D eigenvalue weighted by Crippen LogP contribution is 2.27. The summed E-state index contributed by atoms with van der Waals surface area (Å²) in [4.78, 5) is 28.7. The Kier molecular flexibility index (Phi) is 3.78. The largest absolute Gasteiger partial charge is 0.347 e. The quantitative estimate of drug-likeness (QED) is 0.754. The molecule has 1 fully saturated rings. The number of nitrogens with zero attached hydrogens (tertiary/aromatic N) is 1. The van der Waals surface area contributed by atoms with E-state index in [1.54, 1.807) is 0 Å². The van der Waals surface area contributed by atoms with Crippen LogP contribution in [-0.2, 0) is 19.2 Å². The third kappa shape index (κ3) is 2.66. The van der Waals surface area contributed by atoms with Gasteiger partial charge in [-0.15, -0.1) is 5.06 Å². The first kappa shape index (κ1) is 12.1. The molecule has 2 rings (SSSR count). The van der Waals surface area contributed by atoms with Crippen LogP contribution >= 0.6 is 11.8 Å². The molecular weight excluding hydrogens is 242 g/mol. The van der Waals surface area contributed by atoms with Crippen LogP contribution in [0.5, 0.6) is 0 Å². The van der Waals surface area contributed by atoms with E-state index in [9.17, 15) is 9.59 Å². The zero-order valence-electron chi connectivity index (χ0n) is 9.16.